The Morgan fingerprint density at radius 3 is 2.33 bits per heavy atom. The zero-order chi connectivity index (χ0) is 13.0. The summed E-state index contributed by atoms with van der Waals surface area (Å²) < 4.78 is 22.9. The Kier molecular flexibility index (Phi) is 4.37. The second-order valence-electron chi connectivity index (χ2n) is 4.69. The molecule has 1 atom stereocenters. The van der Waals surface area contributed by atoms with Gasteiger partial charge in [0.05, 0.1) is 11.5 Å². The van der Waals surface area contributed by atoms with Crippen molar-refractivity contribution in [3.05, 3.63) is 35.9 Å². The van der Waals surface area contributed by atoms with Crippen molar-refractivity contribution in [2.75, 3.05) is 31.1 Å². The van der Waals surface area contributed by atoms with Crippen molar-refractivity contribution in [3.63, 3.8) is 0 Å². The predicted octanol–water partition coefficient (Wildman–Crippen LogP) is 0.807. The van der Waals surface area contributed by atoms with Crippen molar-refractivity contribution in [1.82, 2.24) is 4.90 Å². The summed E-state index contributed by atoms with van der Waals surface area (Å²) in [6.07, 6.45) is 0.865. The maximum atomic E-state index is 11.5. The lowest BCUT2D eigenvalue weighted by Crippen LogP contribution is -2.42. The van der Waals surface area contributed by atoms with Gasteiger partial charge in [0.2, 0.25) is 0 Å². The van der Waals surface area contributed by atoms with E-state index in [2.05, 4.69) is 17.0 Å². The molecule has 1 aromatic rings. The normalized spacial score (nSPS) is 21.6. The first-order valence-corrected chi connectivity index (χ1v) is 8.14. The summed E-state index contributed by atoms with van der Waals surface area (Å²) in [6, 6.07) is 10.4. The van der Waals surface area contributed by atoms with Crippen LogP contribution in [0, 0.1) is 0 Å². The van der Waals surface area contributed by atoms with Crippen LogP contribution in [-0.2, 0) is 9.84 Å². The van der Waals surface area contributed by atoms with Crippen molar-refractivity contribution < 1.29 is 8.42 Å². The van der Waals surface area contributed by atoms with Crippen molar-refractivity contribution in [1.29, 1.82) is 0 Å². The van der Waals surface area contributed by atoms with Gasteiger partial charge in [-0.2, -0.15) is 0 Å². The van der Waals surface area contributed by atoms with Crippen LogP contribution in [0.4, 0.5) is 0 Å². The van der Waals surface area contributed by atoms with Crippen LogP contribution in [0.1, 0.15) is 18.0 Å². The lowest BCUT2D eigenvalue weighted by Gasteiger charge is -2.34. The van der Waals surface area contributed by atoms with E-state index in [9.17, 15) is 8.42 Å². The predicted molar refractivity (Wildman–Crippen MR) is 73.1 cm³/mol. The van der Waals surface area contributed by atoms with E-state index in [0.29, 0.717) is 19.6 Å². The van der Waals surface area contributed by atoms with Crippen molar-refractivity contribution >= 4 is 9.84 Å². The van der Waals surface area contributed by atoms with Crippen LogP contribution in [0.15, 0.2) is 30.3 Å². The molecule has 1 aliphatic rings. The smallest absolute Gasteiger partial charge is 0.152 e. The molecular formula is C13H20N2O2S. The molecule has 1 aliphatic heterocycles. The second-order valence-corrected chi connectivity index (χ2v) is 7.00. The van der Waals surface area contributed by atoms with Crippen LogP contribution in [0.5, 0.6) is 0 Å². The quantitative estimate of drug-likeness (QED) is 0.877. The number of sulfone groups is 1. The van der Waals surface area contributed by atoms with Crippen molar-refractivity contribution in [3.8, 4) is 0 Å². The molecule has 0 saturated carbocycles. The van der Waals surface area contributed by atoms with Crippen LogP contribution in [0.25, 0.3) is 0 Å². The third kappa shape index (κ3) is 3.31. The molecule has 0 spiro atoms. The molecule has 1 saturated heterocycles. The fourth-order valence-electron chi connectivity index (χ4n) is 2.43. The molecule has 18 heavy (non-hydrogen) atoms. The van der Waals surface area contributed by atoms with E-state index >= 15 is 0 Å². The topological polar surface area (TPSA) is 63.4 Å². The first-order chi connectivity index (χ1) is 8.62. The summed E-state index contributed by atoms with van der Waals surface area (Å²) in [5, 5.41) is 0. The minimum absolute atomic E-state index is 0.242. The molecule has 5 heteroatoms. The molecule has 1 heterocycles. The van der Waals surface area contributed by atoms with Crippen LogP contribution in [0.2, 0.25) is 0 Å². The number of benzene rings is 1. The molecule has 2 N–H and O–H groups in total. The number of rotatable bonds is 4. The summed E-state index contributed by atoms with van der Waals surface area (Å²) >= 11 is 0. The van der Waals surface area contributed by atoms with Crippen LogP contribution < -0.4 is 5.73 Å². The van der Waals surface area contributed by atoms with Gasteiger partial charge in [0.25, 0.3) is 0 Å². The van der Waals surface area contributed by atoms with Crippen molar-refractivity contribution in [2.45, 2.75) is 12.5 Å². The van der Waals surface area contributed by atoms with E-state index < -0.39 is 9.84 Å². The minimum Gasteiger partial charge on any atom is -0.330 e. The third-order valence-corrected chi connectivity index (χ3v) is 5.05. The summed E-state index contributed by atoms with van der Waals surface area (Å²) in [7, 11) is -2.82. The zero-order valence-electron chi connectivity index (χ0n) is 10.5. The van der Waals surface area contributed by atoms with Gasteiger partial charge >= 0.3 is 0 Å². The van der Waals surface area contributed by atoms with Crippen LogP contribution in [-0.4, -0.2) is 44.5 Å². The lowest BCUT2D eigenvalue weighted by molar-refractivity contribution is 0.205. The van der Waals surface area contributed by atoms with Gasteiger partial charge in [0, 0.05) is 19.1 Å². The average Bonchev–Trinajstić information content (AvgIpc) is 2.38. The van der Waals surface area contributed by atoms with Crippen LogP contribution >= 0.6 is 0 Å². The average molecular weight is 268 g/mol. The Hall–Kier alpha value is -0.910. The highest BCUT2D eigenvalue weighted by molar-refractivity contribution is 7.91. The Morgan fingerprint density at radius 1 is 1.17 bits per heavy atom. The summed E-state index contributed by atoms with van der Waals surface area (Å²) in [5.74, 6) is 0.530. The molecule has 1 aromatic carbocycles. The monoisotopic (exact) mass is 268 g/mol. The van der Waals surface area contributed by atoms with Gasteiger partial charge in [-0.1, -0.05) is 30.3 Å². The Morgan fingerprint density at radius 2 is 1.78 bits per heavy atom. The van der Waals surface area contributed by atoms with E-state index in [1.807, 2.05) is 18.2 Å². The van der Waals surface area contributed by atoms with Gasteiger partial charge in [-0.25, -0.2) is 8.42 Å². The number of nitrogens with zero attached hydrogens (tertiary/aromatic N) is 1. The highest BCUT2D eigenvalue weighted by Crippen LogP contribution is 2.25. The first-order valence-electron chi connectivity index (χ1n) is 6.32. The number of nitrogens with two attached hydrogens (primary N) is 1. The molecule has 1 unspecified atom stereocenters. The van der Waals surface area contributed by atoms with E-state index in [4.69, 9.17) is 5.73 Å². The molecule has 4 nitrogen and oxygen atoms in total. The SMILES string of the molecule is NCCC(c1ccccc1)N1CCS(=O)(=O)CC1. The van der Waals surface area contributed by atoms with Gasteiger partial charge < -0.3 is 5.73 Å². The van der Waals surface area contributed by atoms with Gasteiger partial charge in [0.1, 0.15) is 0 Å². The second kappa shape index (κ2) is 5.82. The van der Waals surface area contributed by atoms with E-state index in [0.717, 1.165) is 6.42 Å². The molecule has 0 radical (unpaired) electrons. The Bertz CT molecular complexity index is 459. The third-order valence-electron chi connectivity index (χ3n) is 3.44. The molecule has 0 amide bonds. The largest absolute Gasteiger partial charge is 0.330 e. The number of hydrogen-bond acceptors (Lipinski definition) is 4. The molecule has 100 valence electrons. The molecule has 2 rings (SSSR count). The van der Waals surface area contributed by atoms with Gasteiger partial charge in [-0.3, -0.25) is 4.90 Å². The summed E-state index contributed by atoms with van der Waals surface area (Å²) in [6.45, 7) is 1.84. The van der Waals surface area contributed by atoms with Crippen LogP contribution in [0.3, 0.4) is 0 Å². The molecule has 0 bridgehead atoms. The maximum Gasteiger partial charge on any atom is 0.152 e. The fraction of sp³-hybridized carbons (Fsp3) is 0.538. The van der Waals surface area contributed by atoms with E-state index in [-0.39, 0.29) is 17.5 Å². The maximum absolute atomic E-state index is 11.5. The van der Waals surface area contributed by atoms with Crippen molar-refractivity contribution in [2.24, 2.45) is 5.73 Å². The van der Waals surface area contributed by atoms with Gasteiger partial charge in [-0.15, -0.1) is 0 Å². The molecule has 1 fully saturated rings. The standard InChI is InChI=1S/C13H20N2O2S/c14-7-6-13(12-4-2-1-3-5-12)15-8-10-18(16,17)11-9-15/h1-5,13H,6-11,14H2. The zero-order valence-corrected chi connectivity index (χ0v) is 11.3. The Balaban J connectivity index is 2.12. The van der Waals surface area contributed by atoms with E-state index in [1.54, 1.807) is 0 Å². The van der Waals surface area contributed by atoms with Gasteiger partial charge in [0.15, 0.2) is 9.84 Å². The summed E-state index contributed by atoms with van der Waals surface area (Å²) in [4.78, 5) is 2.24. The fourth-order valence-corrected chi connectivity index (χ4v) is 3.66. The molecular weight excluding hydrogens is 248 g/mol. The highest BCUT2D eigenvalue weighted by Gasteiger charge is 2.27. The van der Waals surface area contributed by atoms with E-state index in [1.165, 1.54) is 5.56 Å². The Labute approximate surface area is 109 Å². The lowest BCUT2D eigenvalue weighted by atomic mass is 10.0. The highest BCUT2D eigenvalue weighted by atomic mass is 32.2. The number of hydrogen-bond donors (Lipinski definition) is 1. The first kappa shape index (κ1) is 13.5. The summed E-state index contributed by atoms with van der Waals surface area (Å²) in [5.41, 5.74) is 6.91. The minimum atomic E-state index is -2.82. The van der Waals surface area contributed by atoms with Gasteiger partial charge in [-0.05, 0) is 18.5 Å². The molecule has 0 aliphatic carbocycles. The molecule has 0 aromatic heterocycles.